The minimum atomic E-state index is -1.33. The number of para-hydroxylation sites is 3. The highest BCUT2D eigenvalue weighted by atomic mass is 127. The molecule has 0 radical (unpaired) electrons. The maximum atomic E-state index is 12.2. The Hall–Kier alpha value is -6.33. The molecular weight excluding hydrogens is 1810 g/mol. The number of thiazole rings is 3. The van der Waals surface area contributed by atoms with Crippen molar-refractivity contribution in [3.8, 4) is 31.7 Å². The minimum absolute atomic E-state index is 0.000715. The van der Waals surface area contributed by atoms with Crippen LogP contribution in [0.5, 0.6) is 0 Å². The molecule has 9 fully saturated rings. The molecule has 17 atom stereocenters. The van der Waals surface area contributed by atoms with Crippen LogP contribution >= 0.6 is 80.1 Å². The SMILES string of the molecule is CSc1nc(C)c(-c2nc3ccccc3s2)c(N[C@@H]2C[C@H](CO)[C@H]3OC(C)(C)O[C@H]32)n1.CSc1nc(C)c(I)c(N[C@@H]2C[C@H](CO)[C@H]3OC(C)(C)O[C@H]32)n1.Cc1nc(NCCN2CCOCC2)nc(N[C@@H]2C[C@H](CO)[C@H]3OC(C)(C)O[C@H]32)c1-c1nc2ccccc2s1.Cc1nc(S(C)=O)nc(N[C@@H]2C[C@H](CO)[C@H]3OC(C)(C)O[C@H]32)c1-c1nc2ccccc2s1. The first-order valence-corrected chi connectivity index (χ1v) is 49.6. The number of thioether (sulfide) groups is 2. The summed E-state index contributed by atoms with van der Waals surface area (Å²) in [6, 6.07) is 24.1. The first kappa shape index (κ1) is 91.0. The van der Waals surface area contributed by atoms with Gasteiger partial charge >= 0.3 is 0 Å². The number of anilines is 5. The predicted molar refractivity (Wildman–Crippen MR) is 493 cm³/mol. The maximum absolute atomic E-state index is 12.2. The molecule has 124 heavy (non-hydrogen) atoms. The Morgan fingerprint density at radius 1 is 0.444 bits per heavy atom. The number of hydrogen-bond acceptors (Lipinski definition) is 36. The molecule has 1 unspecified atom stereocenters. The Balaban J connectivity index is 0.000000124. The lowest BCUT2D eigenvalue weighted by molar-refractivity contribution is -0.159. The summed E-state index contributed by atoms with van der Waals surface area (Å²) < 4.78 is 71.1. The lowest BCUT2D eigenvalue weighted by Gasteiger charge is -2.26. The molecule has 10 aromatic rings. The summed E-state index contributed by atoms with van der Waals surface area (Å²) in [7, 11) is -1.33. The average molecular weight is 1930 g/mol. The number of benzene rings is 3. The van der Waals surface area contributed by atoms with E-state index in [-0.39, 0.29) is 128 Å². The molecule has 31 nitrogen and oxygen atoms in total. The minimum Gasteiger partial charge on any atom is -0.396 e. The normalized spacial score (nSPS) is 28.1. The van der Waals surface area contributed by atoms with E-state index in [1.54, 1.807) is 40.3 Å². The molecule has 19 rings (SSSR count). The predicted octanol–water partition coefficient (Wildman–Crippen LogP) is 12.8. The van der Waals surface area contributed by atoms with Crippen molar-refractivity contribution in [1.29, 1.82) is 0 Å². The number of morpholine rings is 1. The first-order valence-electron chi connectivity index (χ1n) is 42.0. The quantitative estimate of drug-likeness (QED) is 0.0173. The van der Waals surface area contributed by atoms with Gasteiger partial charge in [-0.15, -0.1) is 34.0 Å². The highest BCUT2D eigenvalue weighted by Crippen LogP contribution is 2.50. The molecule has 9 N–H and O–H groups in total. The number of aliphatic hydroxyl groups excluding tert-OH is 4. The molecule has 5 aliphatic heterocycles. The second-order valence-electron chi connectivity index (χ2n) is 34.4. The van der Waals surface area contributed by atoms with Crippen LogP contribution in [0.25, 0.3) is 62.4 Å². The van der Waals surface area contributed by atoms with Gasteiger partial charge in [-0.25, -0.2) is 49.8 Å². The highest BCUT2D eigenvalue weighted by Gasteiger charge is 2.58. The maximum Gasteiger partial charge on any atom is 0.224 e. The van der Waals surface area contributed by atoms with Gasteiger partial charge in [0.15, 0.2) is 33.5 Å². The average Bonchev–Trinajstić information content (AvgIpc) is 1.61. The molecule has 38 heteroatoms. The number of hydrogen-bond donors (Lipinski definition) is 9. The molecule has 5 saturated heterocycles. The van der Waals surface area contributed by atoms with Gasteiger partial charge in [-0.1, -0.05) is 59.9 Å². The van der Waals surface area contributed by atoms with E-state index in [2.05, 4.69) is 91.1 Å². The van der Waals surface area contributed by atoms with Crippen LogP contribution in [0.4, 0.5) is 29.2 Å². The van der Waals surface area contributed by atoms with E-state index >= 15 is 0 Å². The summed E-state index contributed by atoms with van der Waals surface area (Å²) in [5.41, 5.74) is 8.87. The van der Waals surface area contributed by atoms with Crippen molar-refractivity contribution in [2.24, 2.45) is 23.7 Å². The third kappa shape index (κ3) is 19.9. The van der Waals surface area contributed by atoms with Crippen molar-refractivity contribution >= 4 is 151 Å². The largest absolute Gasteiger partial charge is 0.396 e. The summed E-state index contributed by atoms with van der Waals surface area (Å²) in [6.45, 7) is 28.5. The van der Waals surface area contributed by atoms with Crippen molar-refractivity contribution in [3.63, 3.8) is 0 Å². The number of aliphatic hydroxyl groups is 4. The summed E-state index contributed by atoms with van der Waals surface area (Å²) in [4.78, 5) is 54.4. The van der Waals surface area contributed by atoms with Gasteiger partial charge in [0.2, 0.25) is 11.1 Å². The molecule has 4 saturated carbocycles. The Kier molecular flexibility index (Phi) is 27.9. The Labute approximate surface area is 758 Å². The molecule has 0 amide bonds. The third-order valence-electron chi connectivity index (χ3n) is 23.7. The van der Waals surface area contributed by atoms with Gasteiger partial charge in [0.1, 0.15) is 62.7 Å². The van der Waals surface area contributed by atoms with Gasteiger partial charge in [-0.3, -0.25) is 9.11 Å². The molecule has 0 spiro atoms. The van der Waals surface area contributed by atoms with E-state index < -0.39 is 33.9 Å². The Bertz CT molecular complexity index is 5400. The zero-order valence-electron chi connectivity index (χ0n) is 72.1. The van der Waals surface area contributed by atoms with E-state index in [0.29, 0.717) is 29.0 Å². The van der Waals surface area contributed by atoms with Crippen LogP contribution in [-0.4, -0.2) is 265 Å². The molecule has 3 aromatic carbocycles. The summed E-state index contributed by atoms with van der Waals surface area (Å²) in [6.07, 6.45) is 7.26. The molecule has 0 bridgehead atoms. The molecule has 666 valence electrons. The number of rotatable bonds is 22. The van der Waals surface area contributed by atoms with Crippen LogP contribution in [0.1, 0.15) is 104 Å². The summed E-state index contributed by atoms with van der Waals surface area (Å²) >= 11 is 10.2. The summed E-state index contributed by atoms with van der Waals surface area (Å²) in [5, 5.41) is 61.6. The smallest absolute Gasteiger partial charge is 0.224 e. The van der Waals surface area contributed by atoms with Crippen LogP contribution in [0.15, 0.2) is 88.3 Å². The van der Waals surface area contributed by atoms with E-state index in [1.807, 2.05) is 156 Å². The number of halogens is 1. The monoisotopic (exact) mass is 1920 g/mol. The van der Waals surface area contributed by atoms with E-state index in [0.717, 1.165) is 164 Å². The fourth-order valence-electron chi connectivity index (χ4n) is 18.2. The number of nitrogens with one attached hydrogen (secondary N) is 5. The highest BCUT2D eigenvalue weighted by molar-refractivity contribution is 14.1. The summed E-state index contributed by atoms with van der Waals surface area (Å²) in [5.74, 6) is 0.880. The second kappa shape index (κ2) is 38.0. The van der Waals surface area contributed by atoms with Gasteiger partial charge < -0.3 is 89.6 Å². The zero-order valence-corrected chi connectivity index (χ0v) is 79.2. The Morgan fingerprint density at radius 3 is 1.15 bits per heavy atom. The van der Waals surface area contributed by atoms with Gasteiger partial charge in [-0.2, -0.15) is 4.98 Å². The van der Waals surface area contributed by atoms with Crippen LogP contribution in [0.3, 0.4) is 0 Å². The number of aromatic nitrogens is 11. The fraction of sp³-hybridized carbons (Fsp3) is 0.570. The second-order valence-corrected chi connectivity index (χ2v) is 41.4. The lowest BCUT2D eigenvalue weighted by Crippen LogP contribution is -2.39. The van der Waals surface area contributed by atoms with Gasteiger partial charge in [0, 0.05) is 82.5 Å². The van der Waals surface area contributed by atoms with Crippen molar-refractivity contribution in [2.75, 3.05) is 111 Å². The fourth-order valence-corrected chi connectivity index (χ4v) is 23.1. The zero-order chi connectivity index (χ0) is 87.4. The van der Waals surface area contributed by atoms with Crippen molar-refractivity contribution in [3.05, 3.63) is 99.1 Å². The number of ether oxygens (including phenoxy) is 9. The third-order valence-corrected chi connectivity index (χ3v) is 30.0. The standard InChI is InChI=1S/C27H36N6O4S.C22H26N4O4S2.C22H26N4O3S2.C15H22IN3O3S/c1-16-21(25-31-18-6-4-5-7-20(18)38-25)24(32-26(29-16)28-8-9-33-10-12-35-13-11-33)30-19-14-17(15-34)22-23(19)37-27(2,3)36-22;1-11-16(20-25-13-7-5-6-8-15(13)31-20)19(26-21(23-11)32(4)28)24-14-9-12(10-27)17-18(14)30-22(2,3)29-17;1-11-16(20-25-13-7-5-6-8-15(13)31-20)19(26-21(23-11)30-4)24-14-9-12(10-27)17-18(14)29-22(2,3)28-17;1-7-10(16)13(19-14(17-7)23-4)18-9-5-8(6-20)11-12(9)22-15(2,3)21-11/h4-7,17,19,22-23,34H,8-15H2,1-3H3,(H2,28,29,30,32);5-8,12,14,17-18,27H,9-10H2,1-4H3,(H,23,24,26);5-8,12,14,17-18,27H,9-10H2,1-4H3,(H,23,24,26);8-9,11-12,20H,5-6H2,1-4H3,(H,17,18,19)/t17-,19-,22-,23+;12-,14-,17-,18+,32?;12-,14-,17-,18+;8-,9-,11-,12+/m1111/s1. The molecule has 9 aliphatic rings. The van der Waals surface area contributed by atoms with Crippen LogP contribution in [-0.2, 0) is 53.4 Å². The molecule has 12 heterocycles. The van der Waals surface area contributed by atoms with E-state index in [1.165, 1.54) is 23.5 Å². The topological polar surface area (TPSA) is 386 Å². The number of nitrogens with zero attached hydrogens (tertiary/aromatic N) is 12. The molecule has 4 aliphatic carbocycles. The van der Waals surface area contributed by atoms with Crippen LogP contribution in [0, 0.1) is 54.9 Å². The lowest BCUT2D eigenvalue weighted by atomic mass is 10.1. The van der Waals surface area contributed by atoms with Crippen molar-refractivity contribution in [2.45, 2.75) is 220 Å². The van der Waals surface area contributed by atoms with E-state index in [4.69, 9.17) is 72.5 Å². The Morgan fingerprint density at radius 2 is 0.774 bits per heavy atom. The van der Waals surface area contributed by atoms with Crippen LogP contribution < -0.4 is 26.6 Å². The molecular formula is C86H110IN17O14S6. The van der Waals surface area contributed by atoms with Crippen LogP contribution in [0.2, 0.25) is 0 Å². The number of aryl methyl sites for hydroxylation is 4. The molecule has 7 aromatic heterocycles. The first-order chi connectivity index (χ1) is 59.4. The number of fused-ring (bicyclic) bond motifs is 7. The van der Waals surface area contributed by atoms with Gasteiger partial charge in [0.05, 0.1) is 146 Å². The van der Waals surface area contributed by atoms with E-state index in [9.17, 15) is 24.6 Å². The van der Waals surface area contributed by atoms with Crippen molar-refractivity contribution in [1.82, 2.24) is 59.7 Å². The van der Waals surface area contributed by atoms with Crippen molar-refractivity contribution < 1.29 is 67.3 Å². The van der Waals surface area contributed by atoms with Gasteiger partial charge in [0.25, 0.3) is 0 Å². The van der Waals surface area contributed by atoms with Gasteiger partial charge in [-0.05, 0) is 180 Å².